The molecule has 0 unspecified atom stereocenters. The van der Waals surface area contributed by atoms with Crippen LogP contribution in [0.3, 0.4) is 0 Å². The third-order valence-corrected chi connectivity index (χ3v) is 2.36. The van der Waals surface area contributed by atoms with E-state index in [1.165, 1.54) is 11.3 Å². The number of amides is 2. The summed E-state index contributed by atoms with van der Waals surface area (Å²) < 4.78 is 0. The molecule has 1 aromatic rings. The number of anilines is 1. The topological polar surface area (TPSA) is 41.1 Å². The molecule has 0 radical (unpaired) electrons. The molecule has 4 heteroatoms. The summed E-state index contributed by atoms with van der Waals surface area (Å²) in [5.74, 6) is 0. The van der Waals surface area contributed by atoms with Crippen LogP contribution in [0.5, 0.6) is 0 Å². The fourth-order valence-electron chi connectivity index (χ4n) is 0.884. The second-order valence-corrected chi connectivity index (χ2v) is 3.66. The number of carbonyl (C=O) groups excluding carboxylic acids is 1. The minimum atomic E-state index is -0.115. The zero-order valence-corrected chi connectivity index (χ0v) is 8.49. The van der Waals surface area contributed by atoms with E-state index in [-0.39, 0.29) is 6.03 Å². The van der Waals surface area contributed by atoms with Crippen LogP contribution in [0.15, 0.2) is 17.5 Å². The number of rotatable bonds is 4. The fraction of sp³-hybridized carbons (Fsp3) is 0.444. The maximum absolute atomic E-state index is 11.2. The maximum atomic E-state index is 11.2. The summed E-state index contributed by atoms with van der Waals surface area (Å²) in [4.78, 5) is 11.2. The Balaban J connectivity index is 2.18. The molecule has 72 valence electrons. The monoisotopic (exact) mass is 198 g/mol. The van der Waals surface area contributed by atoms with Gasteiger partial charge in [-0.3, -0.25) is 5.32 Å². The van der Waals surface area contributed by atoms with E-state index in [4.69, 9.17) is 0 Å². The number of urea groups is 1. The van der Waals surface area contributed by atoms with Gasteiger partial charge in [-0.15, -0.1) is 11.3 Å². The van der Waals surface area contributed by atoms with Crippen LogP contribution >= 0.6 is 11.3 Å². The highest BCUT2D eigenvalue weighted by Gasteiger charge is 1.99. The van der Waals surface area contributed by atoms with Gasteiger partial charge in [0.2, 0.25) is 0 Å². The van der Waals surface area contributed by atoms with Gasteiger partial charge in [0.15, 0.2) is 0 Å². The Labute approximate surface area is 82.2 Å². The molecule has 0 aliphatic heterocycles. The largest absolute Gasteiger partial charge is 0.338 e. The number of thiophene rings is 1. The second-order valence-electron chi connectivity index (χ2n) is 2.71. The van der Waals surface area contributed by atoms with E-state index < -0.39 is 0 Å². The molecule has 0 fully saturated rings. The summed E-state index contributed by atoms with van der Waals surface area (Å²) >= 11 is 1.52. The Kier molecular flexibility index (Phi) is 4.32. The lowest BCUT2D eigenvalue weighted by Gasteiger charge is -2.04. The number of unbranched alkanes of at least 4 members (excludes halogenated alkanes) is 1. The standard InChI is InChI=1S/C9H14N2OS/c1-2-3-6-10-9(12)11-8-5-4-7-13-8/h4-5,7H,2-3,6H2,1H3,(H2,10,11,12). The van der Waals surface area contributed by atoms with Crippen molar-refractivity contribution in [2.75, 3.05) is 11.9 Å². The van der Waals surface area contributed by atoms with Crippen LogP contribution in [-0.4, -0.2) is 12.6 Å². The van der Waals surface area contributed by atoms with Gasteiger partial charge >= 0.3 is 6.03 Å². The highest BCUT2D eigenvalue weighted by molar-refractivity contribution is 7.14. The molecule has 0 aromatic carbocycles. The van der Waals surface area contributed by atoms with Gasteiger partial charge in [-0.1, -0.05) is 13.3 Å². The lowest BCUT2D eigenvalue weighted by atomic mass is 10.3. The van der Waals surface area contributed by atoms with E-state index in [9.17, 15) is 4.79 Å². The lowest BCUT2D eigenvalue weighted by molar-refractivity contribution is 0.252. The summed E-state index contributed by atoms with van der Waals surface area (Å²) in [5.41, 5.74) is 0. The van der Waals surface area contributed by atoms with Crippen LogP contribution in [0.1, 0.15) is 19.8 Å². The number of carbonyl (C=O) groups is 1. The molecule has 13 heavy (non-hydrogen) atoms. The quantitative estimate of drug-likeness (QED) is 0.717. The van der Waals surface area contributed by atoms with Crippen molar-refractivity contribution in [2.24, 2.45) is 0 Å². The Hall–Kier alpha value is -1.03. The van der Waals surface area contributed by atoms with Crippen LogP contribution in [0.2, 0.25) is 0 Å². The van der Waals surface area contributed by atoms with Gasteiger partial charge in [-0.25, -0.2) is 4.79 Å². The van der Waals surface area contributed by atoms with Crippen LogP contribution in [0.4, 0.5) is 9.80 Å². The Morgan fingerprint density at radius 2 is 2.46 bits per heavy atom. The third kappa shape index (κ3) is 3.94. The normalized spacial score (nSPS) is 9.62. The molecule has 0 saturated carbocycles. The molecular weight excluding hydrogens is 184 g/mol. The summed E-state index contributed by atoms with van der Waals surface area (Å²) in [6.07, 6.45) is 2.12. The molecule has 0 saturated heterocycles. The van der Waals surface area contributed by atoms with E-state index in [0.29, 0.717) is 0 Å². The first-order valence-corrected chi connectivity index (χ1v) is 5.29. The van der Waals surface area contributed by atoms with E-state index in [2.05, 4.69) is 17.6 Å². The van der Waals surface area contributed by atoms with Gasteiger partial charge in [-0.2, -0.15) is 0 Å². The van der Waals surface area contributed by atoms with Crippen molar-refractivity contribution in [3.05, 3.63) is 17.5 Å². The van der Waals surface area contributed by atoms with Crippen LogP contribution in [-0.2, 0) is 0 Å². The van der Waals surface area contributed by atoms with Gasteiger partial charge in [0, 0.05) is 6.54 Å². The molecule has 0 aliphatic carbocycles. The van der Waals surface area contributed by atoms with E-state index in [1.54, 1.807) is 0 Å². The van der Waals surface area contributed by atoms with Crippen LogP contribution in [0.25, 0.3) is 0 Å². The first-order valence-electron chi connectivity index (χ1n) is 4.41. The van der Waals surface area contributed by atoms with Crippen molar-refractivity contribution >= 4 is 22.4 Å². The lowest BCUT2D eigenvalue weighted by Crippen LogP contribution is -2.29. The molecule has 2 N–H and O–H groups in total. The average Bonchev–Trinajstić information content (AvgIpc) is 2.57. The Bertz CT molecular complexity index is 246. The minimum absolute atomic E-state index is 0.115. The highest BCUT2D eigenvalue weighted by atomic mass is 32.1. The first-order chi connectivity index (χ1) is 6.33. The SMILES string of the molecule is CCCCNC(=O)Nc1cccs1. The predicted octanol–water partition coefficient (Wildman–Crippen LogP) is 2.67. The molecule has 0 aliphatic rings. The number of nitrogens with one attached hydrogen (secondary N) is 2. The molecule has 2 amide bonds. The molecule has 0 bridgehead atoms. The number of hydrogen-bond acceptors (Lipinski definition) is 2. The molecule has 3 nitrogen and oxygen atoms in total. The van der Waals surface area contributed by atoms with Crippen molar-refractivity contribution in [1.82, 2.24) is 5.32 Å². The summed E-state index contributed by atoms with van der Waals surface area (Å²) in [5, 5.41) is 8.34. The smallest absolute Gasteiger partial charge is 0.319 e. The number of hydrogen-bond donors (Lipinski definition) is 2. The van der Waals surface area contributed by atoms with Crippen molar-refractivity contribution in [3.63, 3.8) is 0 Å². The summed E-state index contributed by atoms with van der Waals surface area (Å²) in [7, 11) is 0. The van der Waals surface area contributed by atoms with E-state index in [1.807, 2.05) is 17.5 Å². The maximum Gasteiger partial charge on any atom is 0.319 e. The van der Waals surface area contributed by atoms with E-state index in [0.717, 1.165) is 24.4 Å². The molecule has 1 aromatic heterocycles. The summed E-state index contributed by atoms with van der Waals surface area (Å²) in [6.45, 7) is 2.84. The zero-order chi connectivity index (χ0) is 9.52. The van der Waals surface area contributed by atoms with Crippen LogP contribution < -0.4 is 10.6 Å². The first kappa shape index (κ1) is 10.1. The second kappa shape index (κ2) is 5.59. The molecule has 0 atom stereocenters. The molecule has 1 heterocycles. The molecule has 0 spiro atoms. The van der Waals surface area contributed by atoms with Gasteiger partial charge < -0.3 is 5.32 Å². The van der Waals surface area contributed by atoms with Gasteiger partial charge in [0.25, 0.3) is 0 Å². The van der Waals surface area contributed by atoms with Gasteiger partial charge in [0.1, 0.15) is 0 Å². The fourth-order valence-corrected chi connectivity index (χ4v) is 1.50. The van der Waals surface area contributed by atoms with Crippen molar-refractivity contribution in [3.8, 4) is 0 Å². The van der Waals surface area contributed by atoms with Gasteiger partial charge in [-0.05, 0) is 23.9 Å². The molecule has 1 rings (SSSR count). The van der Waals surface area contributed by atoms with Crippen molar-refractivity contribution < 1.29 is 4.79 Å². The molecular formula is C9H14N2OS. The summed E-state index contributed by atoms with van der Waals surface area (Å²) in [6, 6.07) is 3.67. The predicted molar refractivity (Wildman–Crippen MR) is 56.2 cm³/mol. The highest BCUT2D eigenvalue weighted by Crippen LogP contribution is 2.14. The Morgan fingerprint density at radius 3 is 3.08 bits per heavy atom. The van der Waals surface area contributed by atoms with E-state index >= 15 is 0 Å². The van der Waals surface area contributed by atoms with Crippen molar-refractivity contribution in [2.45, 2.75) is 19.8 Å². The zero-order valence-electron chi connectivity index (χ0n) is 7.67. The Morgan fingerprint density at radius 1 is 1.62 bits per heavy atom. The third-order valence-electron chi connectivity index (χ3n) is 1.57. The van der Waals surface area contributed by atoms with Crippen molar-refractivity contribution in [1.29, 1.82) is 0 Å². The minimum Gasteiger partial charge on any atom is -0.338 e. The van der Waals surface area contributed by atoms with Gasteiger partial charge in [0.05, 0.1) is 5.00 Å². The van der Waals surface area contributed by atoms with Crippen LogP contribution in [0, 0.1) is 0 Å². The average molecular weight is 198 g/mol.